The van der Waals surface area contributed by atoms with E-state index < -0.39 is 12.1 Å². The van der Waals surface area contributed by atoms with Crippen molar-refractivity contribution in [2.75, 3.05) is 21.3 Å². The largest absolute Gasteiger partial charge is 0.496 e. The lowest BCUT2D eigenvalue weighted by Crippen LogP contribution is -2.20. The van der Waals surface area contributed by atoms with Crippen molar-refractivity contribution in [3.8, 4) is 17.2 Å². The van der Waals surface area contributed by atoms with Gasteiger partial charge in [0.25, 0.3) is 0 Å². The van der Waals surface area contributed by atoms with E-state index in [9.17, 15) is 4.79 Å². The molecular weight excluding hydrogens is 228 g/mol. The SMILES string of the molecule is COc1cc(OC)c(C(=O)C(O)O)cc1OC. The second-order valence-electron chi connectivity index (χ2n) is 3.15. The average Bonchev–Trinajstić information content (AvgIpc) is 2.35. The van der Waals surface area contributed by atoms with E-state index in [1.54, 1.807) is 0 Å². The molecule has 6 heteroatoms. The summed E-state index contributed by atoms with van der Waals surface area (Å²) in [4.78, 5) is 11.5. The molecule has 0 spiro atoms. The van der Waals surface area contributed by atoms with E-state index in [-0.39, 0.29) is 11.3 Å². The lowest BCUT2D eigenvalue weighted by Gasteiger charge is -2.13. The Kier molecular flexibility index (Phi) is 4.30. The van der Waals surface area contributed by atoms with E-state index in [2.05, 4.69) is 0 Å². The molecule has 1 aromatic rings. The number of rotatable bonds is 5. The van der Waals surface area contributed by atoms with E-state index in [0.29, 0.717) is 11.5 Å². The normalized spacial score (nSPS) is 10.2. The summed E-state index contributed by atoms with van der Waals surface area (Å²) >= 11 is 0. The number of carbonyl (C=O) groups is 1. The number of hydrogen-bond donors (Lipinski definition) is 2. The van der Waals surface area contributed by atoms with Gasteiger partial charge in [-0.25, -0.2) is 0 Å². The summed E-state index contributed by atoms with van der Waals surface area (Å²) in [6, 6.07) is 2.77. The van der Waals surface area contributed by atoms with Gasteiger partial charge >= 0.3 is 0 Å². The third kappa shape index (κ3) is 2.66. The summed E-state index contributed by atoms with van der Waals surface area (Å²) in [5.41, 5.74) is 0.0140. The minimum absolute atomic E-state index is 0.0140. The quantitative estimate of drug-likeness (QED) is 0.567. The second-order valence-corrected chi connectivity index (χ2v) is 3.15. The van der Waals surface area contributed by atoms with E-state index in [0.717, 1.165) is 0 Å². The van der Waals surface area contributed by atoms with Crippen molar-refractivity contribution in [1.29, 1.82) is 0 Å². The molecule has 0 amide bonds. The fourth-order valence-corrected chi connectivity index (χ4v) is 1.36. The summed E-state index contributed by atoms with van der Waals surface area (Å²) in [5, 5.41) is 17.7. The predicted octanol–water partition coefficient (Wildman–Crippen LogP) is 0.206. The molecule has 0 radical (unpaired) electrons. The molecule has 0 atom stereocenters. The van der Waals surface area contributed by atoms with Gasteiger partial charge in [0.15, 0.2) is 11.5 Å². The van der Waals surface area contributed by atoms with Gasteiger partial charge in [0.05, 0.1) is 26.9 Å². The van der Waals surface area contributed by atoms with Gasteiger partial charge in [0, 0.05) is 6.07 Å². The molecule has 1 rings (SSSR count). The fourth-order valence-electron chi connectivity index (χ4n) is 1.36. The van der Waals surface area contributed by atoms with Crippen molar-refractivity contribution in [2.24, 2.45) is 0 Å². The molecule has 94 valence electrons. The summed E-state index contributed by atoms with van der Waals surface area (Å²) in [5.74, 6) is -0.00539. The first kappa shape index (κ1) is 13.3. The van der Waals surface area contributed by atoms with Crippen LogP contribution in [0.3, 0.4) is 0 Å². The number of Topliss-reactive ketones (excluding diaryl/α,β-unsaturated/α-hetero) is 1. The van der Waals surface area contributed by atoms with Gasteiger partial charge in [-0.3, -0.25) is 4.79 Å². The van der Waals surface area contributed by atoms with Crippen LogP contribution in [0.2, 0.25) is 0 Å². The Morgan fingerprint density at radius 2 is 1.47 bits per heavy atom. The van der Waals surface area contributed by atoms with Crippen molar-refractivity contribution in [2.45, 2.75) is 6.29 Å². The summed E-state index contributed by atoms with van der Waals surface area (Å²) < 4.78 is 15.0. The molecule has 0 unspecified atom stereocenters. The first-order valence-electron chi connectivity index (χ1n) is 4.75. The van der Waals surface area contributed by atoms with Crippen LogP contribution >= 0.6 is 0 Å². The van der Waals surface area contributed by atoms with Crippen LogP contribution < -0.4 is 14.2 Å². The van der Waals surface area contributed by atoms with Gasteiger partial charge < -0.3 is 24.4 Å². The topological polar surface area (TPSA) is 85.2 Å². The standard InChI is InChI=1S/C11H14O6/c1-15-7-5-9(17-3)8(16-2)4-6(7)10(12)11(13)14/h4-5,11,13-14H,1-3H3. The van der Waals surface area contributed by atoms with Crippen molar-refractivity contribution >= 4 is 5.78 Å². The zero-order valence-electron chi connectivity index (χ0n) is 9.76. The summed E-state index contributed by atoms with van der Waals surface area (Å²) in [6.07, 6.45) is -2.10. The third-order valence-electron chi connectivity index (χ3n) is 2.21. The van der Waals surface area contributed by atoms with Crippen LogP contribution in [0, 0.1) is 0 Å². The van der Waals surface area contributed by atoms with E-state index in [1.165, 1.54) is 33.5 Å². The van der Waals surface area contributed by atoms with Gasteiger partial charge in [-0.15, -0.1) is 0 Å². The molecule has 0 saturated heterocycles. The Bertz CT molecular complexity index is 413. The van der Waals surface area contributed by atoms with E-state index in [1.807, 2.05) is 0 Å². The van der Waals surface area contributed by atoms with Crippen LogP contribution in [-0.2, 0) is 0 Å². The maximum Gasteiger partial charge on any atom is 0.222 e. The molecule has 17 heavy (non-hydrogen) atoms. The number of ether oxygens (including phenoxy) is 3. The van der Waals surface area contributed by atoms with Gasteiger partial charge in [0.1, 0.15) is 5.75 Å². The number of carbonyl (C=O) groups excluding carboxylic acids is 1. The maximum absolute atomic E-state index is 11.5. The molecule has 2 N–H and O–H groups in total. The number of hydrogen-bond acceptors (Lipinski definition) is 6. The van der Waals surface area contributed by atoms with Crippen LogP contribution in [-0.4, -0.2) is 43.6 Å². The van der Waals surface area contributed by atoms with Crippen LogP contribution in [0.15, 0.2) is 12.1 Å². The Hall–Kier alpha value is -1.79. The Morgan fingerprint density at radius 1 is 1.00 bits per heavy atom. The molecule has 6 nitrogen and oxygen atoms in total. The maximum atomic E-state index is 11.5. The molecule has 0 aliphatic rings. The molecule has 0 aliphatic carbocycles. The molecule has 1 aromatic carbocycles. The first-order valence-corrected chi connectivity index (χ1v) is 4.75. The molecule has 0 aromatic heterocycles. The minimum Gasteiger partial charge on any atom is -0.496 e. The molecule has 0 fully saturated rings. The number of benzene rings is 1. The minimum atomic E-state index is -2.10. The van der Waals surface area contributed by atoms with Crippen molar-refractivity contribution in [3.05, 3.63) is 17.7 Å². The monoisotopic (exact) mass is 242 g/mol. The summed E-state index contributed by atoms with van der Waals surface area (Å²) in [6.45, 7) is 0. The lowest BCUT2D eigenvalue weighted by molar-refractivity contribution is -0.0197. The Balaban J connectivity index is 3.33. The molecule has 0 bridgehead atoms. The fraction of sp³-hybridized carbons (Fsp3) is 0.364. The lowest BCUT2D eigenvalue weighted by atomic mass is 10.1. The van der Waals surface area contributed by atoms with Crippen LogP contribution in [0.25, 0.3) is 0 Å². The zero-order valence-corrected chi connectivity index (χ0v) is 9.76. The van der Waals surface area contributed by atoms with Crippen molar-refractivity contribution in [3.63, 3.8) is 0 Å². The van der Waals surface area contributed by atoms with Crippen LogP contribution in [0.1, 0.15) is 10.4 Å². The molecule has 0 saturated carbocycles. The number of methoxy groups -OCH3 is 3. The highest BCUT2D eigenvalue weighted by Gasteiger charge is 2.21. The summed E-state index contributed by atoms with van der Waals surface area (Å²) in [7, 11) is 4.22. The number of ketones is 1. The smallest absolute Gasteiger partial charge is 0.222 e. The second kappa shape index (κ2) is 5.51. The zero-order chi connectivity index (χ0) is 13.0. The van der Waals surface area contributed by atoms with Gasteiger partial charge in [-0.1, -0.05) is 0 Å². The third-order valence-corrected chi connectivity index (χ3v) is 2.21. The molecule has 0 aliphatic heterocycles. The highest BCUT2D eigenvalue weighted by molar-refractivity contribution is 6.01. The Labute approximate surface area is 98.3 Å². The van der Waals surface area contributed by atoms with E-state index >= 15 is 0 Å². The first-order chi connectivity index (χ1) is 8.04. The van der Waals surface area contributed by atoms with Gasteiger partial charge in [0.2, 0.25) is 12.1 Å². The average molecular weight is 242 g/mol. The van der Waals surface area contributed by atoms with Gasteiger partial charge in [-0.2, -0.15) is 0 Å². The number of aliphatic hydroxyl groups excluding tert-OH is 1. The van der Waals surface area contributed by atoms with Crippen molar-refractivity contribution < 1.29 is 29.2 Å². The van der Waals surface area contributed by atoms with Crippen LogP contribution in [0.4, 0.5) is 0 Å². The van der Waals surface area contributed by atoms with E-state index in [4.69, 9.17) is 24.4 Å². The highest BCUT2D eigenvalue weighted by atomic mass is 16.5. The highest BCUT2D eigenvalue weighted by Crippen LogP contribution is 2.34. The predicted molar refractivity (Wildman–Crippen MR) is 58.7 cm³/mol. The molecule has 0 heterocycles. The Morgan fingerprint density at radius 3 is 1.88 bits per heavy atom. The number of aliphatic hydroxyl groups is 2. The van der Waals surface area contributed by atoms with Gasteiger partial charge in [-0.05, 0) is 6.07 Å². The van der Waals surface area contributed by atoms with Crippen LogP contribution in [0.5, 0.6) is 17.2 Å². The molecular formula is C11H14O6. The van der Waals surface area contributed by atoms with Crippen molar-refractivity contribution in [1.82, 2.24) is 0 Å².